The maximum absolute atomic E-state index is 13.9. The van der Waals surface area contributed by atoms with Gasteiger partial charge in [-0.25, -0.2) is 8.78 Å². The molecule has 30 heavy (non-hydrogen) atoms. The van der Waals surface area contributed by atoms with E-state index in [2.05, 4.69) is 15.5 Å². The van der Waals surface area contributed by atoms with E-state index in [1.54, 1.807) is 6.92 Å². The smallest absolute Gasteiger partial charge is 0.256 e. The van der Waals surface area contributed by atoms with Crippen LogP contribution in [0, 0.1) is 24.5 Å². The van der Waals surface area contributed by atoms with E-state index in [9.17, 15) is 18.4 Å². The number of amides is 2. The van der Waals surface area contributed by atoms with Crippen LogP contribution >= 0.6 is 0 Å². The number of aromatic nitrogens is 2. The molecule has 7 nitrogen and oxygen atoms in total. The van der Waals surface area contributed by atoms with E-state index in [1.807, 2.05) is 0 Å². The second kappa shape index (κ2) is 8.12. The highest BCUT2D eigenvalue weighted by atomic mass is 19.1. The van der Waals surface area contributed by atoms with Crippen molar-refractivity contribution in [1.82, 2.24) is 20.4 Å². The van der Waals surface area contributed by atoms with Crippen LogP contribution in [0.2, 0.25) is 0 Å². The fourth-order valence-electron chi connectivity index (χ4n) is 4.39. The predicted molar refractivity (Wildman–Crippen MR) is 102 cm³/mol. The summed E-state index contributed by atoms with van der Waals surface area (Å²) in [4.78, 5) is 31.4. The minimum absolute atomic E-state index is 0.0839. The van der Waals surface area contributed by atoms with E-state index in [-0.39, 0.29) is 17.4 Å². The van der Waals surface area contributed by atoms with Gasteiger partial charge in [0.2, 0.25) is 11.8 Å². The summed E-state index contributed by atoms with van der Waals surface area (Å²) in [5, 5.41) is 7.19. The predicted octanol–water partition coefficient (Wildman–Crippen LogP) is 3.09. The van der Waals surface area contributed by atoms with Gasteiger partial charge in [0.05, 0.1) is 5.56 Å². The Hall–Kier alpha value is -2.84. The zero-order valence-corrected chi connectivity index (χ0v) is 16.8. The van der Waals surface area contributed by atoms with Crippen molar-refractivity contribution in [3.8, 4) is 0 Å². The lowest BCUT2D eigenvalue weighted by molar-refractivity contribution is -0.128. The summed E-state index contributed by atoms with van der Waals surface area (Å²) in [7, 11) is 0. The number of benzene rings is 1. The number of nitrogens with one attached hydrogen (secondary N) is 1. The van der Waals surface area contributed by atoms with E-state index in [0.717, 1.165) is 37.8 Å². The van der Waals surface area contributed by atoms with Crippen LogP contribution in [0.15, 0.2) is 22.7 Å². The van der Waals surface area contributed by atoms with Crippen molar-refractivity contribution in [2.45, 2.75) is 51.0 Å². The molecule has 1 aromatic carbocycles. The Labute approximate surface area is 172 Å². The van der Waals surface area contributed by atoms with Crippen LogP contribution in [0.3, 0.4) is 0 Å². The van der Waals surface area contributed by atoms with Gasteiger partial charge in [-0.05, 0) is 37.8 Å². The Balaban J connectivity index is 1.39. The van der Waals surface area contributed by atoms with Gasteiger partial charge in [0, 0.05) is 32.0 Å². The lowest BCUT2D eigenvalue weighted by Gasteiger charge is -2.34. The number of piperidine rings is 1. The molecular formula is C21H24F2N4O3. The van der Waals surface area contributed by atoms with Gasteiger partial charge in [-0.15, -0.1) is 0 Å². The molecule has 0 radical (unpaired) electrons. The first-order valence-corrected chi connectivity index (χ1v) is 10.3. The van der Waals surface area contributed by atoms with Gasteiger partial charge in [-0.2, -0.15) is 4.98 Å². The molecular weight excluding hydrogens is 394 g/mol. The maximum atomic E-state index is 13.9. The molecule has 2 amide bonds. The van der Waals surface area contributed by atoms with Crippen molar-refractivity contribution in [1.29, 1.82) is 0 Å². The van der Waals surface area contributed by atoms with Gasteiger partial charge in [0.15, 0.2) is 5.82 Å². The van der Waals surface area contributed by atoms with E-state index in [0.29, 0.717) is 43.7 Å². The molecule has 0 bridgehead atoms. The monoisotopic (exact) mass is 418 g/mol. The Morgan fingerprint density at radius 2 is 1.90 bits per heavy atom. The minimum Gasteiger partial charge on any atom is -0.343 e. The van der Waals surface area contributed by atoms with E-state index >= 15 is 0 Å². The Morgan fingerprint density at radius 3 is 2.50 bits per heavy atom. The number of likely N-dealkylation sites (tertiary alicyclic amines) is 1. The number of halogens is 2. The molecule has 1 aliphatic heterocycles. The molecule has 0 atom stereocenters. The lowest BCUT2D eigenvalue weighted by Crippen LogP contribution is -2.49. The molecule has 1 aliphatic carbocycles. The third kappa shape index (κ3) is 3.93. The Kier molecular flexibility index (Phi) is 5.53. The SMILES string of the molecule is Cc1nc(C2(NC(=O)C3CCN(C(=O)c4ccc(F)cc4F)CC3)CCCC2)no1. The highest BCUT2D eigenvalue weighted by molar-refractivity contribution is 5.94. The fraction of sp³-hybridized carbons (Fsp3) is 0.524. The Morgan fingerprint density at radius 1 is 1.20 bits per heavy atom. The highest BCUT2D eigenvalue weighted by Crippen LogP contribution is 2.38. The summed E-state index contributed by atoms with van der Waals surface area (Å²) in [6.45, 7) is 2.39. The molecule has 1 saturated heterocycles. The molecule has 2 heterocycles. The van der Waals surface area contributed by atoms with Crippen LogP contribution in [-0.2, 0) is 10.3 Å². The average molecular weight is 418 g/mol. The van der Waals surface area contributed by atoms with Crippen molar-refractivity contribution in [2.24, 2.45) is 5.92 Å². The van der Waals surface area contributed by atoms with E-state index in [4.69, 9.17) is 4.52 Å². The number of carbonyl (C=O) groups is 2. The second-order valence-corrected chi connectivity index (χ2v) is 8.11. The molecule has 0 unspecified atom stereocenters. The molecule has 2 aromatic rings. The summed E-state index contributed by atoms with van der Waals surface area (Å²) in [5.41, 5.74) is -0.754. The van der Waals surface area contributed by atoms with Crippen LogP contribution < -0.4 is 5.32 Å². The van der Waals surface area contributed by atoms with Crippen molar-refractivity contribution >= 4 is 11.8 Å². The summed E-state index contributed by atoms with van der Waals surface area (Å²) >= 11 is 0. The van der Waals surface area contributed by atoms with Crippen LogP contribution in [0.1, 0.15) is 60.6 Å². The van der Waals surface area contributed by atoms with Gasteiger partial charge < -0.3 is 14.7 Å². The van der Waals surface area contributed by atoms with Crippen molar-refractivity contribution in [2.75, 3.05) is 13.1 Å². The molecule has 9 heteroatoms. The van der Waals surface area contributed by atoms with Crippen molar-refractivity contribution in [3.05, 3.63) is 47.1 Å². The zero-order valence-electron chi connectivity index (χ0n) is 16.8. The standard InChI is InChI=1S/C21H24F2N4O3/c1-13-24-20(26-30-13)21(8-2-3-9-21)25-18(28)14-6-10-27(11-7-14)19(29)16-5-4-15(22)12-17(16)23/h4-5,12,14H,2-3,6-11H2,1H3,(H,25,28). The van der Waals surface area contributed by atoms with Gasteiger partial charge in [-0.3, -0.25) is 9.59 Å². The zero-order chi connectivity index (χ0) is 21.3. The van der Waals surface area contributed by atoms with E-state index < -0.39 is 23.1 Å². The molecule has 0 spiro atoms. The molecule has 160 valence electrons. The fourth-order valence-corrected chi connectivity index (χ4v) is 4.39. The molecule has 4 rings (SSSR count). The number of hydrogen-bond donors (Lipinski definition) is 1. The second-order valence-electron chi connectivity index (χ2n) is 8.11. The Bertz CT molecular complexity index is 947. The molecule has 1 saturated carbocycles. The highest BCUT2D eigenvalue weighted by Gasteiger charge is 2.42. The molecule has 2 fully saturated rings. The number of carbonyl (C=O) groups excluding carboxylic acids is 2. The van der Waals surface area contributed by atoms with Gasteiger partial charge >= 0.3 is 0 Å². The molecule has 1 aromatic heterocycles. The van der Waals surface area contributed by atoms with Crippen LogP contribution in [0.5, 0.6) is 0 Å². The van der Waals surface area contributed by atoms with Crippen LogP contribution in [0.25, 0.3) is 0 Å². The van der Waals surface area contributed by atoms with Crippen molar-refractivity contribution < 1.29 is 22.9 Å². The minimum atomic E-state index is -0.876. The molecule has 2 aliphatic rings. The van der Waals surface area contributed by atoms with Gasteiger partial charge in [-0.1, -0.05) is 18.0 Å². The normalized spacial score (nSPS) is 19.1. The van der Waals surface area contributed by atoms with Crippen molar-refractivity contribution in [3.63, 3.8) is 0 Å². The third-order valence-electron chi connectivity index (χ3n) is 6.09. The van der Waals surface area contributed by atoms with Gasteiger partial charge in [0.1, 0.15) is 17.2 Å². The topological polar surface area (TPSA) is 88.3 Å². The first-order valence-electron chi connectivity index (χ1n) is 10.3. The van der Waals surface area contributed by atoms with E-state index in [1.165, 1.54) is 4.90 Å². The van der Waals surface area contributed by atoms with Crippen LogP contribution in [-0.4, -0.2) is 39.9 Å². The quantitative estimate of drug-likeness (QED) is 0.824. The summed E-state index contributed by atoms with van der Waals surface area (Å²) in [6, 6.07) is 2.92. The number of rotatable bonds is 4. The summed E-state index contributed by atoms with van der Waals surface area (Å²) in [6.07, 6.45) is 4.43. The number of aryl methyl sites for hydroxylation is 1. The number of hydrogen-bond acceptors (Lipinski definition) is 5. The largest absolute Gasteiger partial charge is 0.343 e. The van der Waals surface area contributed by atoms with Gasteiger partial charge in [0.25, 0.3) is 5.91 Å². The molecule has 1 N–H and O–H groups in total. The summed E-state index contributed by atoms with van der Waals surface area (Å²) < 4.78 is 32.1. The lowest BCUT2D eigenvalue weighted by atomic mass is 9.91. The third-order valence-corrected chi connectivity index (χ3v) is 6.09. The maximum Gasteiger partial charge on any atom is 0.256 e. The van der Waals surface area contributed by atoms with Crippen LogP contribution in [0.4, 0.5) is 8.78 Å². The summed E-state index contributed by atoms with van der Waals surface area (Å²) in [5.74, 6) is -1.44. The average Bonchev–Trinajstić information content (AvgIpc) is 3.37. The first kappa shape index (κ1) is 20.4. The first-order chi connectivity index (χ1) is 14.4. The number of nitrogens with zero attached hydrogens (tertiary/aromatic N) is 3.